The van der Waals surface area contributed by atoms with Crippen molar-refractivity contribution >= 4 is 34.4 Å². The maximum atomic E-state index is 13.4. The van der Waals surface area contributed by atoms with Gasteiger partial charge in [0.25, 0.3) is 0 Å². The van der Waals surface area contributed by atoms with Gasteiger partial charge in [-0.15, -0.1) is 11.3 Å². The van der Waals surface area contributed by atoms with Crippen LogP contribution in [0.2, 0.25) is 4.34 Å². The topological polar surface area (TPSA) is 43.1 Å². The van der Waals surface area contributed by atoms with Crippen molar-refractivity contribution in [2.24, 2.45) is 0 Å². The predicted octanol–water partition coefficient (Wildman–Crippen LogP) is 3.49. The standard InChI is InChI=1S/C11H6ClF2NOS/c12-10-2-1-9(17-10)11(16)5-3-8(15)7(14)4-6(5)13/h1-4H,15H2. The summed E-state index contributed by atoms with van der Waals surface area (Å²) in [4.78, 5) is 12.2. The lowest BCUT2D eigenvalue weighted by molar-refractivity contribution is 0.103. The molecule has 0 atom stereocenters. The van der Waals surface area contributed by atoms with Crippen LogP contribution in [0.4, 0.5) is 14.5 Å². The van der Waals surface area contributed by atoms with Gasteiger partial charge in [0, 0.05) is 6.07 Å². The van der Waals surface area contributed by atoms with Crippen molar-refractivity contribution < 1.29 is 13.6 Å². The molecule has 0 radical (unpaired) electrons. The zero-order chi connectivity index (χ0) is 12.6. The third kappa shape index (κ3) is 2.30. The maximum absolute atomic E-state index is 13.4. The van der Waals surface area contributed by atoms with E-state index in [0.717, 1.165) is 17.4 Å². The average Bonchev–Trinajstić information content (AvgIpc) is 2.69. The predicted molar refractivity (Wildman–Crippen MR) is 63.5 cm³/mol. The van der Waals surface area contributed by atoms with Crippen LogP contribution in [0.15, 0.2) is 24.3 Å². The Kier molecular flexibility index (Phi) is 3.13. The highest BCUT2D eigenvalue weighted by Gasteiger charge is 2.18. The van der Waals surface area contributed by atoms with E-state index in [2.05, 4.69) is 0 Å². The fourth-order valence-corrected chi connectivity index (χ4v) is 2.31. The third-order valence-electron chi connectivity index (χ3n) is 2.13. The van der Waals surface area contributed by atoms with Crippen molar-refractivity contribution in [3.63, 3.8) is 0 Å². The molecular formula is C11H6ClF2NOS. The molecule has 0 aliphatic rings. The van der Waals surface area contributed by atoms with Crippen LogP contribution in [0.25, 0.3) is 0 Å². The number of thiophene rings is 1. The molecule has 2 rings (SSSR count). The Balaban J connectivity index is 2.47. The highest BCUT2D eigenvalue weighted by Crippen LogP contribution is 2.26. The number of carbonyl (C=O) groups is 1. The Morgan fingerprint density at radius 3 is 2.53 bits per heavy atom. The molecule has 17 heavy (non-hydrogen) atoms. The van der Waals surface area contributed by atoms with Gasteiger partial charge in [-0.3, -0.25) is 4.79 Å². The maximum Gasteiger partial charge on any atom is 0.206 e. The van der Waals surface area contributed by atoms with Gasteiger partial charge in [-0.05, 0) is 18.2 Å². The monoisotopic (exact) mass is 273 g/mol. The van der Waals surface area contributed by atoms with Crippen LogP contribution >= 0.6 is 22.9 Å². The van der Waals surface area contributed by atoms with Crippen LogP contribution in [-0.4, -0.2) is 5.78 Å². The van der Waals surface area contributed by atoms with Crippen LogP contribution in [0.1, 0.15) is 15.2 Å². The molecule has 2 nitrogen and oxygen atoms in total. The second-order valence-corrected chi connectivity index (χ2v) is 5.00. The summed E-state index contributed by atoms with van der Waals surface area (Å²) in [7, 11) is 0. The smallest absolute Gasteiger partial charge is 0.206 e. The first-order valence-electron chi connectivity index (χ1n) is 4.53. The molecule has 0 spiro atoms. The first kappa shape index (κ1) is 12.0. The number of anilines is 1. The molecule has 1 aromatic carbocycles. The molecule has 0 bridgehead atoms. The minimum Gasteiger partial charge on any atom is -0.396 e. The molecular weight excluding hydrogens is 268 g/mol. The summed E-state index contributed by atoms with van der Waals surface area (Å²) in [5.41, 5.74) is 4.77. The van der Waals surface area contributed by atoms with E-state index in [-0.39, 0.29) is 16.1 Å². The van der Waals surface area contributed by atoms with Gasteiger partial charge in [0.05, 0.1) is 20.5 Å². The molecule has 6 heteroatoms. The number of benzene rings is 1. The molecule has 0 fully saturated rings. The molecule has 0 unspecified atom stereocenters. The number of nitrogens with two attached hydrogens (primary N) is 1. The summed E-state index contributed by atoms with van der Waals surface area (Å²) in [6.07, 6.45) is 0. The van der Waals surface area contributed by atoms with Crippen molar-refractivity contribution in [1.29, 1.82) is 0 Å². The van der Waals surface area contributed by atoms with E-state index in [1.54, 1.807) is 0 Å². The molecule has 2 N–H and O–H groups in total. The van der Waals surface area contributed by atoms with E-state index >= 15 is 0 Å². The van der Waals surface area contributed by atoms with Gasteiger partial charge in [0.15, 0.2) is 0 Å². The van der Waals surface area contributed by atoms with Crippen molar-refractivity contribution in [3.05, 3.63) is 50.7 Å². The first-order chi connectivity index (χ1) is 7.99. The summed E-state index contributed by atoms with van der Waals surface area (Å²) in [6.45, 7) is 0. The van der Waals surface area contributed by atoms with Crippen LogP contribution in [-0.2, 0) is 0 Å². The molecule has 0 aliphatic carbocycles. The fourth-order valence-electron chi connectivity index (χ4n) is 1.31. The minimum absolute atomic E-state index is 0.262. The second kappa shape index (κ2) is 4.43. The van der Waals surface area contributed by atoms with Gasteiger partial charge in [0.1, 0.15) is 11.6 Å². The number of nitrogen functional groups attached to an aromatic ring is 1. The number of hydrogen-bond acceptors (Lipinski definition) is 3. The Morgan fingerprint density at radius 2 is 1.94 bits per heavy atom. The minimum atomic E-state index is -0.939. The zero-order valence-electron chi connectivity index (χ0n) is 8.34. The highest BCUT2D eigenvalue weighted by molar-refractivity contribution is 7.18. The summed E-state index contributed by atoms with van der Waals surface area (Å²) in [6, 6.07) is 4.59. The summed E-state index contributed by atoms with van der Waals surface area (Å²) in [5.74, 6) is -2.39. The second-order valence-electron chi connectivity index (χ2n) is 3.29. The largest absolute Gasteiger partial charge is 0.396 e. The van der Waals surface area contributed by atoms with Crippen LogP contribution in [0.3, 0.4) is 0 Å². The van der Waals surface area contributed by atoms with E-state index in [1.807, 2.05) is 0 Å². The lowest BCUT2D eigenvalue weighted by Crippen LogP contribution is -2.05. The zero-order valence-corrected chi connectivity index (χ0v) is 9.91. The molecule has 1 heterocycles. The molecule has 0 saturated carbocycles. The quantitative estimate of drug-likeness (QED) is 0.672. The molecule has 0 saturated heterocycles. The fraction of sp³-hybridized carbons (Fsp3) is 0. The third-order valence-corrected chi connectivity index (χ3v) is 3.36. The lowest BCUT2D eigenvalue weighted by atomic mass is 10.1. The molecule has 1 aromatic heterocycles. The van der Waals surface area contributed by atoms with Crippen molar-refractivity contribution in [1.82, 2.24) is 0 Å². The van der Waals surface area contributed by atoms with Gasteiger partial charge >= 0.3 is 0 Å². The van der Waals surface area contributed by atoms with E-state index in [1.165, 1.54) is 12.1 Å². The van der Waals surface area contributed by atoms with E-state index < -0.39 is 17.4 Å². The van der Waals surface area contributed by atoms with E-state index in [9.17, 15) is 13.6 Å². The Bertz CT molecular complexity index is 597. The average molecular weight is 274 g/mol. The van der Waals surface area contributed by atoms with Gasteiger partial charge < -0.3 is 5.73 Å². The van der Waals surface area contributed by atoms with Crippen molar-refractivity contribution in [2.45, 2.75) is 0 Å². The molecule has 0 amide bonds. The molecule has 0 aliphatic heterocycles. The first-order valence-corrected chi connectivity index (χ1v) is 5.73. The van der Waals surface area contributed by atoms with Crippen LogP contribution in [0.5, 0.6) is 0 Å². The summed E-state index contributed by atoms with van der Waals surface area (Å²) < 4.78 is 26.8. The number of ketones is 1. The Labute approximate surface area is 105 Å². The highest BCUT2D eigenvalue weighted by atomic mass is 35.5. The summed E-state index contributed by atoms with van der Waals surface area (Å²) in [5, 5.41) is 0. The number of hydrogen-bond donors (Lipinski definition) is 1. The normalized spacial score (nSPS) is 10.5. The van der Waals surface area contributed by atoms with Gasteiger partial charge in [-0.1, -0.05) is 11.6 Å². The van der Waals surface area contributed by atoms with Gasteiger partial charge in [-0.2, -0.15) is 0 Å². The van der Waals surface area contributed by atoms with E-state index in [0.29, 0.717) is 10.4 Å². The number of rotatable bonds is 2. The van der Waals surface area contributed by atoms with Crippen LogP contribution < -0.4 is 5.73 Å². The Hall–Kier alpha value is -1.46. The van der Waals surface area contributed by atoms with Crippen molar-refractivity contribution in [3.8, 4) is 0 Å². The molecule has 88 valence electrons. The lowest BCUT2D eigenvalue weighted by Gasteiger charge is -2.03. The summed E-state index contributed by atoms with van der Waals surface area (Å²) >= 11 is 6.70. The van der Waals surface area contributed by atoms with Crippen LogP contribution in [0, 0.1) is 11.6 Å². The van der Waals surface area contributed by atoms with Gasteiger partial charge in [-0.25, -0.2) is 8.78 Å². The van der Waals surface area contributed by atoms with E-state index in [4.69, 9.17) is 17.3 Å². The number of carbonyl (C=O) groups excluding carboxylic acids is 1. The Morgan fingerprint density at radius 1 is 1.24 bits per heavy atom. The number of halogens is 3. The SMILES string of the molecule is Nc1cc(C(=O)c2ccc(Cl)s2)c(F)cc1F. The molecule has 2 aromatic rings. The van der Waals surface area contributed by atoms with Crippen molar-refractivity contribution in [2.75, 3.05) is 5.73 Å². The van der Waals surface area contributed by atoms with Gasteiger partial charge in [0.2, 0.25) is 5.78 Å².